The van der Waals surface area contributed by atoms with Crippen LogP contribution in [0.3, 0.4) is 0 Å². The Hall–Kier alpha value is -3.63. The highest BCUT2D eigenvalue weighted by Crippen LogP contribution is 2.24. The van der Waals surface area contributed by atoms with Gasteiger partial charge in [0.05, 0.1) is 13.1 Å². The van der Waals surface area contributed by atoms with Crippen LogP contribution in [0.5, 0.6) is 5.75 Å². The maximum Gasteiger partial charge on any atom is 0.573 e. The zero-order chi connectivity index (χ0) is 24.8. The Morgan fingerprint density at radius 1 is 0.771 bits per heavy atom. The van der Waals surface area contributed by atoms with E-state index in [9.17, 15) is 22.8 Å². The predicted molar refractivity (Wildman–Crippen MR) is 127 cm³/mol. The fourth-order valence-electron chi connectivity index (χ4n) is 3.98. The van der Waals surface area contributed by atoms with Gasteiger partial charge in [-0.2, -0.15) is 0 Å². The maximum atomic E-state index is 12.6. The van der Waals surface area contributed by atoms with E-state index in [2.05, 4.69) is 15.4 Å². The summed E-state index contributed by atoms with van der Waals surface area (Å²) >= 11 is 0. The minimum Gasteiger partial charge on any atom is -0.406 e. The molecule has 1 fully saturated rings. The van der Waals surface area contributed by atoms with Crippen LogP contribution in [0.4, 0.5) is 24.5 Å². The average Bonchev–Trinajstić information content (AvgIpc) is 2.81. The van der Waals surface area contributed by atoms with E-state index in [-0.39, 0.29) is 30.7 Å². The molecule has 3 aromatic carbocycles. The van der Waals surface area contributed by atoms with Gasteiger partial charge in [0.25, 0.3) is 0 Å². The minimum absolute atomic E-state index is 0.0921. The van der Waals surface area contributed by atoms with Gasteiger partial charge in [-0.15, -0.1) is 13.2 Å². The van der Waals surface area contributed by atoms with Gasteiger partial charge in [0.15, 0.2) is 0 Å². The van der Waals surface area contributed by atoms with Crippen LogP contribution in [0.25, 0.3) is 10.8 Å². The van der Waals surface area contributed by atoms with Gasteiger partial charge >= 0.3 is 6.36 Å². The van der Waals surface area contributed by atoms with Crippen molar-refractivity contribution in [2.24, 2.45) is 0 Å². The van der Waals surface area contributed by atoms with Crippen molar-refractivity contribution in [3.63, 3.8) is 0 Å². The third kappa shape index (κ3) is 7.17. The number of piperazine rings is 1. The SMILES string of the molecule is O=C(CN1CCN(CC(=O)Nc2cccc3ccccc23)CC1)Nc1ccc(OC(F)(F)F)cc1. The molecule has 1 aliphatic heterocycles. The maximum absolute atomic E-state index is 12.6. The van der Waals surface area contributed by atoms with E-state index >= 15 is 0 Å². The zero-order valence-electron chi connectivity index (χ0n) is 18.8. The number of rotatable bonds is 7. The Kier molecular flexibility index (Phi) is 7.52. The van der Waals surface area contributed by atoms with E-state index < -0.39 is 6.36 Å². The Bertz CT molecular complexity index is 1170. The number of benzene rings is 3. The van der Waals surface area contributed by atoms with Gasteiger partial charge in [0, 0.05) is 42.9 Å². The fraction of sp³-hybridized carbons (Fsp3) is 0.280. The molecule has 3 aromatic rings. The summed E-state index contributed by atoms with van der Waals surface area (Å²) in [6.45, 7) is 2.92. The molecule has 2 N–H and O–H groups in total. The number of halogens is 3. The molecule has 0 aromatic heterocycles. The van der Waals surface area contributed by atoms with Crippen molar-refractivity contribution < 1.29 is 27.5 Å². The minimum atomic E-state index is -4.76. The van der Waals surface area contributed by atoms with E-state index in [0.717, 1.165) is 28.6 Å². The molecule has 0 spiro atoms. The predicted octanol–water partition coefficient (Wildman–Crippen LogP) is 3.93. The Labute approximate surface area is 200 Å². The third-order valence-corrected chi connectivity index (χ3v) is 5.63. The number of ether oxygens (including phenoxy) is 1. The van der Waals surface area contributed by atoms with Gasteiger partial charge in [0.1, 0.15) is 5.75 Å². The van der Waals surface area contributed by atoms with E-state index in [1.807, 2.05) is 52.3 Å². The molecular weight excluding hydrogens is 461 g/mol. The van der Waals surface area contributed by atoms with Gasteiger partial charge in [-0.25, -0.2) is 0 Å². The molecule has 0 radical (unpaired) electrons. The summed E-state index contributed by atoms with van der Waals surface area (Å²) in [5.74, 6) is -0.710. The Morgan fingerprint density at radius 3 is 1.97 bits per heavy atom. The van der Waals surface area contributed by atoms with Crippen molar-refractivity contribution in [1.82, 2.24) is 9.80 Å². The van der Waals surface area contributed by atoms with Crippen LogP contribution in [0.1, 0.15) is 0 Å². The van der Waals surface area contributed by atoms with Gasteiger partial charge in [-0.1, -0.05) is 36.4 Å². The first-order valence-corrected chi connectivity index (χ1v) is 11.1. The second-order valence-corrected chi connectivity index (χ2v) is 8.25. The third-order valence-electron chi connectivity index (χ3n) is 5.63. The van der Waals surface area contributed by atoms with Crippen LogP contribution in [0.2, 0.25) is 0 Å². The first-order chi connectivity index (χ1) is 16.7. The molecule has 7 nitrogen and oxygen atoms in total. The molecule has 4 rings (SSSR count). The number of fused-ring (bicyclic) bond motifs is 1. The number of amides is 2. The standard InChI is InChI=1S/C25H25F3N4O3/c26-25(27,28)35-20-10-8-19(9-11-20)29-23(33)16-31-12-14-32(15-13-31)17-24(34)30-22-7-3-5-18-4-1-2-6-21(18)22/h1-11H,12-17H2,(H,29,33)(H,30,34). The Morgan fingerprint density at radius 2 is 1.34 bits per heavy atom. The van der Waals surface area contributed by atoms with Crippen molar-refractivity contribution >= 4 is 34.0 Å². The van der Waals surface area contributed by atoms with Crippen molar-refractivity contribution in [2.45, 2.75) is 6.36 Å². The summed E-state index contributed by atoms with van der Waals surface area (Å²) in [6, 6.07) is 18.6. The smallest absolute Gasteiger partial charge is 0.406 e. The quantitative estimate of drug-likeness (QED) is 0.530. The van der Waals surface area contributed by atoms with E-state index in [4.69, 9.17) is 0 Å². The van der Waals surface area contributed by atoms with Crippen molar-refractivity contribution in [3.05, 3.63) is 66.7 Å². The average molecular weight is 486 g/mol. The largest absolute Gasteiger partial charge is 0.573 e. The van der Waals surface area contributed by atoms with Gasteiger partial charge in [-0.3, -0.25) is 19.4 Å². The second kappa shape index (κ2) is 10.7. The van der Waals surface area contributed by atoms with E-state index in [1.54, 1.807) is 0 Å². The van der Waals surface area contributed by atoms with Crippen molar-refractivity contribution in [1.29, 1.82) is 0 Å². The summed E-state index contributed by atoms with van der Waals surface area (Å²) in [6.07, 6.45) is -4.76. The number of carbonyl (C=O) groups is 2. The molecule has 0 bridgehead atoms. The molecule has 0 atom stereocenters. The lowest BCUT2D eigenvalue weighted by atomic mass is 10.1. The molecule has 2 amide bonds. The number of nitrogens with zero attached hydrogens (tertiary/aromatic N) is 2. The Balaban J connectivity index is 1.20. The molecule has 10 heteroatoms. The van der Waals surface area contributed by atoms with Crippen LogP contribution in [-0.4, -0.2) is 67.2 Å². The lowest BCUT2D eigenvalue weighted by molar-refractivity contribution is -0.274. The number of carbonyl (C=O) groups excluding carboxylic acids is 2. The summed E-state index contributed by atoms with van der Waals surface area (Å²) in [5.41, 5.74) is 1.16. The number of alkyl halides is 3. The normalized spacial score (nSPS) is 15.1. The fourth-order valence-corrected chi connectivity index (χ4v) is 3.98. The summed E-state index contributed by atoms with van der Waals surface area (Å²) in [5, 5.41) is 7.70. The highest BCUT2D eigenvalue weighted by atomic mass is 19.4. The molecule has 0 aliphatic carbocycles. The molecule has 35 heavy (non-hydrogen) atoms. The molecule has 184 valence electrons. The highest BCUT2D eigenvalue weighted by Gasteiger charge is 2.31. The van der Waals surface area contributed by atoms with Crippen molar-refractivity contribution in [2.75, 3.05) is 49.9 Å². The first-order valence-electron chi connectivity index (χ1n) is 11.1. The van der Waals surface area contributed by atoms with E-state index in [1.165, 1.54) is 12.1 Å². The van der Waals surface area contributed by atoms with Crippen LogP contribution in [-0.2, 0) is 9.59 Å². The first kappa shape index (κ1) is 24.5. The van der Waals surface area contributed by atoms with Crippen LogP contribution < -0.4 is 15.4 Å². The number of hydrogen-bond donors (Lipinski definition) is 2. The summed E-state index contributed by atoms with van der Waals surface area (Å²) in [4.78, 5) is 28.9. The van der Waals surface area contributed by atoms with E-state index in [0.29, 0.717) is 31.9 Å². The van der Waals surface area contributed by atoms with Gasteiger partial charge in [0.2, 0.25) is 11.8 Å². The molecule has 1 heterocycles. The molecule has 1 aliphatic rings. The molecular formula is C25H25F3N4O3. The summed E-state index contributed by atoms with van der Waals surface area (Å²) in [7, 11) is 0. The summed E-state index contributed by atoms with van der Waals surface area (Å²) < 4.78 is 40.5. The lowest BCUT2D eigenvalue weighted by Gasteiger charge is -2.33. The topological polar surface area (TPSA) is 73.9 Å². The number of anilines is 2. The highest BCUT2D eigenvalue weighted by molar-refractivity contribution is 6.02. The van der Waals surface area contributed by atoms with Crippen molar-refractivity contribution in [3.8, 4) is 5.75 Å². The number of nitrogens with one attached hydrogen (secondary N) is 2. The van der Waals surface area contributed by atoms with Crippen LogP contribution in [0.15, 0.2) is 66.7 Å². The second-order valence-electron chi connectivity index (χ2n) is 8.25. The van der Waals surface area contributed by atoms with Gasteiger partial charge < -0.3 is 15.4 Å². The number of hydrogen-bond acceptors (Lipinski definition) is 5. The monoisotopic (exact) mass is 486 g/mol. The van der Waals surface area contributed by atoms with Crippen LogP contribution in [0, 0.1) is 0 Å². The molecule has 0 saturated carbocycles. The lowest BCUT2D eigenvalue weighted by Crippen LogP contribution is -2.50. The van der Waals surface area contributed by atoms with Crippen LogP contribution >= 0.6 is 0 Å². The zero-order valence-corrected chi connectivity index (χ0v) is 18.8. The molecule has 1 saturated heterocycles. The molecule has 0 unspecified atom stereocenters. The van der Waals surface area contributed by atoms with Gasteiger partial charge in [-0.05, 0) is 35.7 Å².